The molecule has 1 aromatic heterocycles. The molecule has 0 radical (unpaired) electrons. The normalized spacial score (nSPS) is 16.1. The van der Waals surface area contributed by atoms with E-state index in [9.17, 15) is 8.42 Å². The summed E-state index contributed by atoms with van der Waals surface area (Å²) in [4.78, 5) is 2.40. The van der Waals surface area contributed by atoms with Crippen molar-refractivity contribution in [1.82, 2.24) is 5.32 Å². The molecule has 20 heavy (non-hydrogen) atoms. The average Bonchev–Trinajstić information content (AvgIpc) is 2.77. The van der Waals surface area contributed by atoms with Gasteiger partial charge in [0.25, 0.3) is 0 Å². The van der Waals surface area contributed by atoms with Crippen LogP contribution in [0.2, 0.25) is 0 Å². The highest BCUT2D eigenvalue weighted by atomic mass is 32.2. The van der Waals surface area contributed by atoms with E-state index in [2.05, 4.69) is 45.1 Å². The lowest BCUT2D eigenvalue weighted by atomic mass is 9.95. The first-order valence-electron chi connectivity index (χ1n) is 7.09. The van der Waals surface area contributed by atoms with E-state index >= 15 is 0 Å². The second-order valence-corrected chi connectivity index (χ2v) is 9.94. The first kappa shape index (κ1) is 17.7. The Kier molecular flexibility index (Phi) is 5.81. The zero-order valence-electron chi connectivity index (χ0n) is 13.4. The SMILES string of the molecule is CCCNC(c1ccc(C(C)(C)C)s1)C(C)S(C)(=O)=O. The molecule has 2 unspecified atom stereocenters. The molecule has 0 aliphatic carbocycles. The van der Waals surface area contributed by atoms with Crippen molar-refractivity contribution in [2.24, 2.45) is 0 Å². The van der Waals surface area contributed by atoms with Crippen LogP contribution in [0.5, 0.6) is 0 Å². The Morgan fingerprint density at radius 3 is 2.30 bits per heavy atom. The number of nitrogens with one attached hydrogen (secondary N) is 1. The minimum Gasteiger partial charge on any atom is -0.308 e. The van der Waals surface area contributed by atoms with Gasteiger partial charge in [0.05, 0.1) is 11.3 Å². The van der Waals surface area contributed by atoms with Crippen molar-refractivity contribution in [3.8, 4) is 0 Å². The first-order valence-corrected chi connectivity index (χ1v) is 9.87. The fraction of sp³-hybridized carbons (Fsp3) is 0.733. The number of rotatable bonds is 6. The van der Waals surface area contributed by atoms with Gasteiger partial charge in [-0.1, -0.05) is 27.7 Å². The Morgan fingerprint density at radius 2 is 1.90 bits per heavy atom. The number of thiophene rings is 1. The fourth-order valence-electron chi connectivity index (χ4n) is 1.97. The maximum atomic E-state index is 11.9. The molecule has 116 valence electrons. The molecule has 1 heterocycles. The predicted octanol–water partition coefficient (Wildman–Crippen LogP) is 3.52. The van der Waals surface area contributed by atoms with E-state index in [4.69, 9.17) is 0 Å². The van der Waals surface area contributed by atoms with Gasteiger partial charge in [0, 0.05) is 16.0 Å². The molecule has 0 spiro atoms. The van der Waals surface area contributed by atoms with Crippen molar-refractivity contribution in [2.75, 3.05) is 12.8 Å². The van der Waals surface area contributed by atoms with Crippen molar-refractivity contribution in [2.45, 2.75) is 57.7 Å². The van der Waals surface area contributed by atoms with E-state index in [1.807, 2.05) is 0 Å². The molecule has 2 atom stereocenters. The topological polar surface area (TPSA) is 46.2 Å². The van der Waals surface area contributed by atoms with Crippen LogP contribution in [0.1, 0.15) is 56.8 Å². The molecular weight excluding hydrogens is 290 g/mol. The van der Waals surface area contributed by atoms with E-state index in [1.165, 1.54) is 11.1 Å². The van der Waals surface area contributed by atoms with Crippen molar-refractivity contribution in [3.63, 3.8) is 0 Å². The Labute approximate surface area is 127 Å². The molecule has 0 saturated heterocycles. The molecule has 0 aromatic carbocycles. The van der Waals surface area contributed by atoms with E-state index in [1.54, 1.807) is 18.3 Å². The second kappa shape index (κ2) is 6.58. The fourth-order valence-corrected chi connectivity index (χ4v) is 4.04. The third kappa shape index (κ3) is 4.57. The summed E-state index contributed by atoms with van der Waals surface area (Å²) >= 11 is 1.72. The summed E-state index contributed by atoms with van der Waals surface area (Å²) in [6, 6.07) is 4.07. The molecular formula is C15H27NO2S2. The lowest BCUT2D eigenvalue weighted by Gasteiger charge is -2.23. The van der Waals surface area contributed by atoms with Crippen LogP contribution in [0.4, 0.5) is 0 Å². The zero-order chi connectivity index (χ0) is 15.6. The summed E-state index contributed by atoms with van der Waals surface area (Å²) in [6.07, 6.45) is 2.31. The van der Waals surface area contributed by atoms with Crippen LogP contribution in [0, 0.1) is 0 Å². The lowest BCUT2D eigenvalue weighted by molar-refractivity contribution is 0.506. The molecule has 0 aliphatic rings. The summed E-state index contributed by atoms with van der Waals surface area (Å²) < 4.78 is 23.8. The molecule has 1 aromatic rings. The van der Waals surface area contributed by atoms with Crippen molar-refractivity contribution in [1.29, 1.82) is 0 Å². The monoisotopic (exact) mass is 317 g/mol. The van der Waals surface area contributed by atoms with Crippen LogP contribution >= 0.6 is 11.3 Å². The molecule has 1 rings (SSSR count). The molecule has 0 saturated carbocycles. The van der Waals surface area contributed by atoms with Crippen LogP contribution in [0.3, 0.4) is 0 Å². The highest BCUT2D eigenvalue weighted by molar-refractivity contribution is 7.91. The van der Waals surface area contributed by atoms with Crippen LogP contribution in [0.15, 0.2) is 12.1 Å². The van der Waals surface area contributed by atoms with Gasteiger partial charge in [0.2, 0.25) is 0 Å². The lowest BCUT2D eigenvalue weighted by Crippen LogP contribution is -2.34. The maximum absolute atomic E-state index is 11.9. The van der Waals surface area contributed by atoms with E-state index < -0.39 is 15.1 Å². The van der Waals surface area contributed by atoms with Gasteiger partial charge in [-0.3, -0.25) is 0 Å². The minimum absolute atomic E-state index is 0.104. The van der Waals surface area contributed by atoms with Gasteiger partial charge in [-0.15, -0.1) is 11.3 Å². The average molecular weight is 318 g/mol. The molecule has 1 N–H and O–H groups in total. The van der Waals surface area contributed by atoms with E-state index in [0.29, 0.717) is 0 Å². The Bertz CT molecular complexity index is 526. The van der Waals surface area contributed by atoms with Crippen molar-refractivity contribution in [3.05, 3.63) is 21.9 Å². The third-order valence-corrected chi connectivity index (χ3v) is 6.65. The quantitative estimate of drug-likeness (QED) is 0.873. The summed E-state index contributed by atoms with van der Waals surface area (Å²) in [5, 5.41) is 2.97. The smallest absolute Gasteiger partial charge is 0.151 e. The van der Waals surface area contributed by atoms with Gasteiger partial charge >= 0.3 is 0 Å². The maximum Gasteiger partial charge on any atom is 0.151 e. The number of hydrogen-bond acceptors (Lipinski definition) is 4. The third-order valence-electron chi connectivity index (χ3n) is 3.43. The molecule has 0 aliphatic heterocycles. The second-order valence-electron chi connectivity index (χ2n) is 6.42. The number of hydrogen-bond donors (Lipinski definition) is 1. The standard InChI is InChI=1S/C15H27NO2S2/c1-7-10-16-14(11(2)20(6,17)18)12-8-9-13(19-12)15(3,4)5/h8-9,11,14,16H,7,10H2,1-6H3. The van der Waals surface area contributed by atoms with E-state index in [0.717, 1.165) is 17.8 Å². The van der Waals surface area contributed by atoms with Gasteiger partial charge in [-0.25, -0.2) is 8.42 Å². The molecule has 0 fully saturated rings. The van der Waals surface area contributed by atoms with Gasteiger partial charge in [-0.05, 0) is 37.4 Å². The van der Waals surface area contributed by atoms with Gasteiger partial charge in [-0.2, -0.15) is 0 Å². The molecule has 0 bridgehead atoms. The van der Waals surface area contributed by atoms with Crippen LogP contribution in [-0.4, -0.2) is 26.5 Å². The first-order chi connectivity index (χ1) is 9.07. The largest absolute Gasteiger partial charge is 0.308 e. The Balaban J connectivity index is 3.08. The summed E-state index contributed by atoms with van der Waals surface area (Å²) in [7, 11) is -3.06. The molecule has 5 heteroatoms. The summed E-state index contributed by atoms with van der Waals surface area (Å²) in [5.41, 5.74) is 0.104. The van der Waals surface area contributed by atoms with E-state index in [-0.39, 0.29) is 11.5 Å². The zero-order valence-corrected chi connectivity index (χ0v) is 15.0. The predicted molar refractivity (Wildman–Crippen MR) is 88.4 cm³/mol. The minimum atomic E-state index is -3.06. The Hall–Kier alpha value is -0.390. The summed E-state index contributed by atoms with van der Waals surface area (Å²) in [6.45, 7) is 11.2. The summed E-state index contributed by atoms with van der Waals surface area (Å²) in [5.74, 6) is 0. The van der Waals surface area contributed by atoms with Crippen molar-refractivity contribution >= 4 is 21.2 Å². The van der Waals surface area contributed by atoms with Gasteiger partial charge < -0.3 is 5.32 Å². The van der Waals surface area contributed by atoms with Crippen LogP contribution < -0.4 is 5.32 Å². The van der Waals surface area contributed by atoms with Gasteiger partial charge in [0.1, 0.15) is 0 Å². The highest BCUT2D eigenvalue weighted by Gasteiger charge is 2.29. The van der Waals surface area contributed by atoms with Crippen molar-refractivity contribution < 1.29 is 8.42 Å². The number of sulfone groups is 1. The van der Waals surface area contributed by atoms with Crippen LogP contribution in [0.25, 0.3) is 0 Å². The van der Waals surface area contributed by atoms with Crippen LogP contribution in [-0.2, 0) is 15.3 Å². The molecule has 0 amide bonds. The van der Waals surface area contributed by atoms with Gasteiger partial charge in [0.15, 0.2) is 9.84 Å². The molecule has 3 nitrogen and oxygen atoms in total. The highest BCUT2D eigenvalue weighted by Crippen LogP contribution is 2.34. The Morgan fingerprint density at radius 1 is 1.30 bits per heavy atom.